The number of carbonyl (C=O) groups excluding carboxylic acids is 1. The number of ketones is 1. The molecule has 0 saturated heterocycles. The van der Waals surface area contributed by atoms with Gasteiger partial charge < -0.3 is 4.42 Å². The van der Waals surface area contributed by atoms with Crippen molar-refractivity contribution in [1.82, 2.24) is 0 Å². The van der Waals surface area contributed by atoms with Gasteiger partial charge in [-0.1, -0.05) is 28.1 Å². The van der Waals surface area contributed by atoms with Crippen LogP contribution in [0.2, 0.25) is 5.22 Å². The van der Waals surface area contributed by atoms with Crippen molar-refractivity contribution in [2.24, 2.45) is 0 Å². The second-order valence-corrected chi connectivity index (χ2v) is 4.62. The Hall–Kier alpha value is -1.06. The lowest BCUT2D eigenvalue weighted by atomic mass is 10.1. The van der Waals surface area contributed by atoms with E-state index in [1.165, 1.54) is 0 Å². The fourth-order valence-corrected chi connectivity index (χ4v) is 1.98. The molecule has 0 spiro atoms. The number of hydrogen-bond acceptors (Lipinski definition) is 2. The molecule has 0 bridgehead atoms. The van der Waals surface area contributed by atoms with Crippen LogP contribution in [0.15, 0.2) is 45.3 Å². The Morgan fingerprint density at radius 3 is 2.75 bits per heavy atom. The molecule has 0 unspecified atom stereocenters. The van der Waals surface area contributed by atoms with Gasteiger partial charge in [0.1, 0.15) is 0 Å². The Labute approximate surface area is 106 Å². The summed E-state index contributed by atoms with van der Waals surface area (Å²) in [5.74, 6) is 0.218. The molecular formula is C12H8BrClO2. The summed E-state index contributed by atoms with van der Waals surface area (Å²) in [5, 5.41) is 0.234. The smallest absolute Gasteiger partial charge is 0.202 e. The van der Waals surface area contributed by atoms with Gasteiger partial charge in [0, 0.05) is 10.9 Å². The highest BCUT2D eigenvalue weighted by molar-refractivity contribution is 9.10. The van der Waals surface area contributed by atoms with Gasteiger partial charge in [-0.2, -0.15) is 0 Å². The third kappa shape index (κ3) is 2.74. The third-order valence-electron chi connectivity index (χ3n) is 2.10. The lowest BCUT2D eigenvalue weighted by Gasteiger charge is -1.99. The summed E-state index contributed by atoms with van der Waals surface area (Å²) in [5.41, 5.74) is 0.937. The zero-order valence-electron chi connectivity index (χ0n) is 8.24. The van der Waals surface area contributed by atoms with Gasteiger partial charge in [-0.3, -0.25) is 4.79 Å². The summed E-state index contributed by atoms with van der Waals surface area (Å²) in [7, 11) is 0. The maximum Gasteiger partial charge on any atom is 0.202 e. The van der Waals surface area contributed by atoms with Gasteiger partial charge in [0.2, 0.25) is 5.78 Å². The Kier molecular flexibility index (Phi) is 3.46. The van der Waals surface area contributed by atoms with E-state index in [0.29, 0.717) is 12.2 Å². The molecule has 2 aromatic rings. The van der Waals surface area contributed by atoms with Gasteiger partial charge in [-0.25, -0.2) is 0 Å². The lowest BCUT2D eigenvalue weighted by molar-refractivity contribution is 0.0966. The van der Waals surface area contributed by atoms with Gasteiger partial charge in [-0.05, 0) is 41.4 Å². The van der Waals surface area contributed by atoms with Gasteiger partial charge in [0.15, 0.2) is 11.0 Å². The van der Waals surface area contributed by atoms with Crippen LogP contribution in [0.25, 0.3) is 0 Å². The Balaban J connectivity index is 2.13. The molecule has 1 heterocycles. The van der Waals surface area contributed by atoms with Crippen molar-refractivity contribution in [2.75, 3.05) is 0 Å². The quantitative estimate of drug-likeness (QED) is 0.798. The SMILES string of the molecule is O=C(Cc1cccc(Br)c1)c1ccc(Cl)o1. The van der Waals surface area contributed by atoms with Crippen molar-refractivity contribution in [2.45, 2.75) is 6.42 Å². The summed E-state index contributed by atoms with van der Waals surface area (Å²) in [6.07, 6.45) is 0.309. The molecule has 0 radical (unpaired) electrons. The van der Waals surface area contributed by atoms with E-state index in [9.17, 15) is 4.79 Å². The molecule has 1 aromatic heterocycles. The highest BCUT2D eigenvalue weighted by atomic mass is 79.9. The van der Waals surface area contributed by atoms with Crippen LogP contribution in [-0.4, -0.2) is 5.78 Å². The topological polar surface area (TPSA) is 30.2 Å². The van der Waals surface area contributed by atoms with E-state index < -0.39 is 0 Å². The monoisotopic (exact) mass is 298 g/mol. The number of rotatable bonds is 3. The second kappa shape index (κ2) is 4.85. The molecule has 4 heteroatoms. The summed E-state index contributed by atoms with van der Waals surface area (Å²) in [6, 6.07) is 10.8. The van der Waals surface area contributed by atoms with Crippen molar-refractivity contribution in [3.05, 3.63) is 57.4 Å². The van der Waals surface area contributed by atoms with Crippen LogP contribution in [0, 0.1) is 0 Å². The van der Waals surface area contributed by atoms with E-state index in [0.717, 1.165) is 10.0 Å². The van der Waals surface area contributed by atoms with Crippen molar-refractivity contribution < 1.29 is 9.21 Å². The van der Waals surface area contributed by atoms with Gasteiger partial charge in [0.05, 0.1) is 0 Å². The molecule has 0 atom stereocenters. The van der Waals surface area contributed by atoms with E-state index >= 15 is 0 Å². The Morgan fingerprint density at radius 1 is 1.31 bits per heavy atom. The predicted molar refractivity (Wildman–Crippen MR) is 65.9 cm³/mol. The lowest BCUT2D eigenvalue weighted by Crippen LogP contribution is -2.01. The molecule has 0 amide bonds. The fourth-order valence-electron chi connectivity index (χ4n) is 1.38. The number of furan rings is 1. The van der Waals surface area contributed by atoms with E-state index in [1.807, 2.05) is 24.3 Å². The van der Waals surface area contributed by atoms with E-state index in [2.05, 4.69) is 15.9 Å². The number of carbonyl (C=O) groups is 1. The fraction of sp³-hybridized carbons (Fsp3) is 0.0833. The third-order valence-corrected chi connectivity index (χ3v) is 2.80. The summed E-state index contributed by atoms with van der Waals surface area (Å²) in [6.45, 7) is 0. The van der Waals surface area contributed by atoms with Crippen LogP contribution in [0.4, 0.5) is 0 Å². The van der Waals surface area contributed by atoms with Gasteiger partial charge in [0.25, 0.3) is 0 Å². The van der Waals surface area contributed by atoms with E-state index in [-0.39, 0.29) is 11.0 Å². The van der Waals surface area contributed by atoms with Crippen molar-refractivity contribution in [1.29, 1.82) is 0 Å². The van der Waals surface area contributed by atoms with Crippen LogP contribution in [0.5, 0.6) is 0 Å². The number of benzene rings is 1. The first kappa shape index (κ1) is 11.4. The molecule has 16 heavy (non-hydrogen) atoms. The molecule has 2 nitrogen and oxygen atoms in total. The molecular weight excluding hydrogens is 291 g/mol. The molecule has 1 aromatic carbocycles. The first-order valence-corrected chi connectivity index (χ1v) is 5.85. The minimum absolute atomic E-state index is 0.0787. The van der Waals surface area contributed by atoms with Crippen LogP contribution >= 0.6 is 27.5 Å². The zero-order valence-corrected chi connectivity index (χ0v) is 10.6. The van der Waals surface area contributed by atoms with Crippen molar-refractivity contribution in [3.63, 3.8) is 0 Å². The highest BCUT2D eigenvalue weighted by Crippen LogP contribution is 2.17. The zero-order chi connectivity index (χ0) is 11.5. The standard InChI is InChI=1S/C12H8BrClO2/c13-9-3-1-2-8(6-9)7-10(15)11-4-5-12(14)16-11/h1-6H,7H2. The maximum absolute atomic E-state index is 11.8. The van der Waals surface area contributed by atoms with Crippen LogP contribution < -0.4 is 0 Å². The average molecular weight is 300 g/mol. The van der Waals surface area contributed by atoms with Gasteiger partial charge >= 0.3 is 0 Å². The Bertz CT molecular complexity index is 519. The van der Waals surface area contributed by atoms with E-state index in [1.54, 1.807) is 12.1 Å². The molecule has 0 aliphatic carbocycles. The Morgan fingerprint density at radius 2 is 2.12 bits per heavy atom. The molecule has 0 saturated carbocycles. The minimum Gasteiger partial charge on any atom is -0.442 e. The number of halogens is 2. The molecule has 2 rings (SSSR count). The summed E-state index contributed by atoms with van der Waals surface area (Å²) >= 11 is 8.96. The number of Topliss-reactive ketones (excluding diaryl/α,β-unsaturated/α-hetero) is 1. The largest absolute Gasteiger partial charge is 0.442 e. The van der Waals surface area contributed by atoms with Gasteiger partial charge in [-0.15, -0.1) is 0 Å². The number of hydrogen-bond donors (Lipinski definition) is 0. The first-order chi connectivity index (χ1) is 7.65. The minimum atomic E-state index is -0.0787. The molecule has 0 N–H and O–H groups in total. The predicted octanol–water partition coefficient (Wildman–Crippen LogP) is 4.12. The molecule has 0 aliphatic heterocycles. The second-order valence-electron chi connectivity index (χ2n) is 3.33. The van der Waals surface area contributed by atoms with Crippen LogP contribution in [0.3, 0.4) is 0 Å². The van der Waals surface area contributed by atoms with Crippen LogP contribution in [-0.2, 0) is 6.42 Å². The maximum atomic E-state index is 11.8. The molecule has 82 valence electrons. The molecule has 0 aliphatic rings. The van der Waals surface area contributed by atoms with Crippen molar-refractivity contribution in [3.8, 4) is 0 Å². The first-order valence-electron chi connectivity index (χ1n) is 4.68. The summed E-state index contributed by atoms with van der Waals surface area (Å²) < 4.78 is 6.01. The average Bonchev–Trinajstić information content (AvgIpc) is 2.65. The van der Waals surface area contributed by atoms with Crippen molar-refractivity contribution >= 4 is 33.3 Å². The summed E-state index contributed by atoms with van der Waals surface area (Å²) in [4.78, 5) is 11.8. The highest BCUT2D eigenvalue weighted by Gasteiger charge is 2.11. The van der Waals surface area contributed by atoms with Crippen LogP contribution in [0.1, 0.15) is 16.1 Å². The molecule has 0 fully saturated rings. The van der Waals surface area contributed by atoms with E-state index in [4.69, 9.17) is 16.0 Å². The normalized spacial score (nSPS) is 10.4.